The van der Waals surface area contributed by atoms with Crippen molar-refractivity contribution in [3.05, 3.63) is 53.2 Å². The van der Waals surface area contributed by atoms with Gasteiger partial charge in [0.1, 0.15) is 5.69 Å². The number of sulfone groups is 1. The third-order valence-electron chi connectivity index (χ3n) is 5.81. The molecule has 33 heavy (non-hydrogen) atoms. The Balaban J connectivity index is 1.44. The molecule has 0 spiro atoms. The number of hydrogen-bond acceptors (Lipinski definition) is 9. The van der Waals surface area contributed by atoms with Gasteiger partial charge in [0.25, 0.3) is 11.8 Å². The highest BCUT2D eigenvalue weighted by Crippen LogP contribution is 2.31. The molecule has 8 nitrogen and oxygen atoms in total. The minimum atomic E-state index is -3.37. The van der Waals surface area contributed by atoms with E-state index < -0.39 is 9.84 Å². The first kappa shape index (κ1) is 21.9. The molecule has 1 N–H and O–H groups in total. The summed E-state index contributed by atoms with van der Waals surface area (Å²) in [5.41, 5.74) is 3.61. The molecule has 0 saturated carbocycles. The first-order chi connectivity index (χ1) is 15.9. The molecule has 0 radical (unpaired) electrons. The molecule has 4 heterocycles. The Labute approximate surface area is 196 Å². The molecular weight excluding hydrogens is 458 g/mol. The van der Waals surface area contributed by atoms with Gasteiger partial charge in [0.05, 0.1) is 32.6 Å². The molecule has 4 aromatic rings. The summed E-state index contributed by atoms with van der Waals surface area (Å²) < 4.78 is 31.8. The first-order valence-electron chi connectivity index (χ1n) is 10.7. The van der Waals surface area contributed by atoms with E-state index in [4.69, 9.17) is 9.40 Å². The van der Waals surface area contributed by atoms with Crippen LogP contribution in [0.5, 0.6) is 0 Å². The smallest absolute Gasteiger partial charge is 0.268 e. The Kier molecular flexibility index (Phi) is 5.81. The van der Waals surface area contributed by atoms with Crippen molar-refractivity contribution < 1.29 is 12.8 Å². The van der Waals surface area contributed by atoms with E-state index in [1.165, 1.54) is 0 Å². The molecule has 1 unspecified atom stereocenters. The van der Waals surface area contributed by atoms with E-state index >= 15 is 0 Å². The lowest BCUT2D eigenvalue weighted by Gasteiger charge is -2.22. The Hall–Kier alpha value is -2.95. The summed E-state index contributed by atoms with van der Waals surface area (Å²) in [5.74, 6) is 0.754. The van der Waals surface area contributed by atoms with E-state index in [9.17, 15) is 8.42 Å². The van der Waals surface area contributed by atoms with Crippen molar-refractivity contribution in [3.63, 3.8) is 0 Å². The largest absolute Gasteiger partial charge is 0.414 e. The molecule has 1 fully saturated rings. The molecule has 1 saturated heterocycles. The predicted molar refractivity (Wildman–Crippen MR) is 127 cm³/mol. The van der Waals surface area contributed by atoms with Crippen LogP contribution in [0.25, 0.3) is 33.6 Å². The predicted octanol–water partition coefficient (Wildman–Crippen LogP) is 4.06. The topological polar surface area (TPSA) is 111 Å². The number of piperidine rings is 1. The number of thiophene rings is 1. The van der Waals surface area contributed by atoms with Crippen molar-refractivity contribution >= 4 is 21.2 Å². The van der Waals surface area contributed by atoms with E-state index in [1.807, 2.05) is 25.3 Å². The van der Waals surface area contributed by atoms with Gasteiger partial charge in [-0.25, -0.2) is 13.4 Å². The van der Waals surface area contributed by atoms with Gasteiger partial charge in [0.15, 0.2) is 9.84 Å². The Morgan fingerprint density at radius 3 is 2.58 bits per heavy atom. The van der Waals surface area contributed by atoms with Crippen molar-refractivity contribution in [3.8, 4) is 33.6 Å². The molecule has 1 aliphatic heterocycles. The number of aromatic nitrogens is 4. The summed E-state index contributed by atoms with van der Waals surface area (Å²) in [6, 6.07) is 8.82. The number of nitrogens with zero attached hydrogens (tertiary/aromatic N) is 4. The quantitative estimate of drug-likeness (QED) is 0.454. The summed E-state index contributed by atoms with van der Waals surface area (Å²) in [7, 11) is -3.37. The summed E-state index contributed by atoms with van der Waals surface area (Å²) in [6.07, 6.45) is 3.21. The summed E-state index contributed by atoms with van der Waals surface area (Å²) in [4.78, 5) is 10.4. The van der Waals surface area contributed by atoms with Gasteiger partial charge >= 0.3 is 0 Å². The fraction of sp³-hybridized carbons (Fsp3) is 0.304. The van der Waals surface area contributed by atoms with Gasteiger partial charge in [-0.05, 0) is 62.4 Å². The average Bonchev–Trinajstić information content (AvgIpc) is 3.49. The number of nitrogens with one attached hydrogen (secondary N) is 1. The molecular formula is C23H23N5O3S2. The molecule has 0 bridgehead atoms. The zero-order valence-electron chi connectivity index (χ0n) is 18.3. The van der Waals surface area contributed by atoms with Gasteiger partial charge in [-0.2, -0.15) is 0 Å². The minimum absolute atomic E-state index is 0.300. The number of rotatable bonds is 5. The lowest BCUT2D eigenvalue weighted by molar-refractivity contribution is 0.497. The van der Waals surface area contributed by atoms with Crippen molar-refractivity contribution in [1.29, 1.82) is 0 Å². The van der Waals surface area contributed by atoms with Crippen LogP contribution in [0.2, 0.25) is 0 Å². The summed E-state index contributed by atoms with van der Waals surface area (Å²) in [6.45, 7) is 5.19. The van der Waals surface area contributed by atoms with Gasteiger partial charge in [0, 0.05) is 12.1 Å². The molecule has 10 heteroatoms. The number of hydrogen-bond donors (Lipinski definition) is 1. The van der Waals surface area contributed by atoms with Crippen LogP contribution in [0.3, 0.4) is 0 Å². The van der Waals surface area contributed by atoms with Crippen molar-refractivity contribution in [1.82, 2.24) is 25.5 Å². The first-order valence-corrected chi connectivity index (χ1v) is 13.1. The molecule has 3 aromatic heterocycles. The Bertz CT molecular complexity index is 1390. The van der Waals surface area contributed by atoms with E-state index in [1.54, 1.807) is 41.8 Å². The van der Waals surface area contributed by atoms with Crippen LogP contribution in [-0.2, 0) is 9.84 Å². The molecule has 0 aliphatic carbocycles. The average molecular weight is 482 g/mol. The summed E-state index contributed by atoms with van der Waals surface area (Å²) >= 11 is 1.54. The van der Waals surface area contributed by atoms with Crippen LogP contribution in [0.15, 0.2) is 51.2 Å². The van der Waals surface area contributed by atoms with Gasteiger partial charge in [0.2, 0.25) is 0 Å². The van der Waals surface area contributed by atoms with E-state index in [0.717, 1.165) is 29.0 Å². The van der Waals surface area contributed by atoms with Gasteiger partial charge in [-0.1, -0.05) is 12.1 Å². The maximum atomic E-state index is 12.9. The molecule has 170 valence electrons. The van der Waals surface area contributed by atoms with Gasteiger partial charge in [-0.15, -0.1) is 21.5 Å². The molecule has 1 aromatic carbocycles. The fourth-order valence-corrected chi connectivity index (χ4v) is 6.45. The third kappa shape index (κ3) is 4.21. The highest BCUT2D eigenvalue weighted by atomic mass is 32.2. The van der Waals surface area contributed by atoms with Crippen molar-refractivity contribution in [2.75, 3.05) is 13.1 Å². The number of aryl methyl sites for hydroxylation is 2. The Morgan fingerprint density at radius 2 is 1.88 bits per heavy atom. The van der Waals surface area contributed by atoms with Crippen LogP contribution in [0, 0.1) is 13.8 Å². The lowest BCUT2D eigenvalue weighted by atomic mass is 10.1. The normalized spacial score (nSPS) is 16.7. The van der Waals surface area contributed by atoms with Crippen molar-refractivity contribution in [2.24, 2.45) is 0 Å². The van der Waals surface area contributed by atoms with Crippen LogP contribution in [0.4, 0.5) is 0 Å². The SMILES string of the molecule is Cc1ccsc1-c1nnc(-c2nc(-c3ccc(S(=O)(=O)C4CCCNC4)cc3)cnc2C)o1. The van der Waals surface area contributed by atoms with Crippen LogP contribution < -0.4 is 5.32 Å². The lowest BCUT2D eigenvalue weighted by Crippen LogP contribution is -2.38. The standard InChI is InChI=1S/C23H23N5O3S2/c1-14-9-11-32-21(14)23-28-27-22(31-23)20-15(2)25-13-19(26-20)16-5-7-17(8-6-16)33(29,30)18-4-3-10-24-12-18/h5-9,11,13,18,24H,3-4,10,12H2,1-2H3. The maximum absolute atomic E-state index is 12.9. The second-order valence-corrected chi connectivity index (χ2v) is 11.2. The third-order valence-corrected chi connectivity index (χ3v) is 9.02. The second kappa shape index (κ2) is 8.77. The molecule has 1 aliphatic rings. The van der Waals surface area contributed by atoms with Crippen LogP contribution in [0.1, 0.15) is 24.1 Å². The zero-order valence-corrected chi connectivity index (χ0v) is 19.9. The summed E-state index contributed by atoms with van der Waals surface area (Å²) in [5, 5.41) is 13.1. The van der Waals surface area contributed by atoms with Crippen LogP contribution in [-0.4, -0.2) is 46.9 Å². The zero-order chi connectivity index (χ0) is 23.0. The minimum Gasteiger partial charge on any atom is -0.414 e. The van der Waals surface area contributed by atoms with Gasteiger partial charge in [-0.3, -0.25) is 4.98 Å². The Morgan fingerprint density at radius 1 is 1.09 bits per heavy atom. The van der Waals surface area contributed by atoms with E-state index in [2.05, 4.69) is 20.5 Å². The van der Waals surface area contributed by atoms with E-state index in [0.29, 0.717) is 46.7 Å². The van der Waals surface area contributed by atoms with E-state index in [-0.39, 0.29) is 5.25 Å². The monoisotopic (exact) mass is 481 g/mol. The van der Waals surface area contributed by atoms with Crippen LogP contribution >= 0.6 is 11.3 Å². The fourth-order valence-electron chi connectivity index (χ4n) is 3.89. The molecule has 0 amide bonds. The van der Waals surface area contributed by atoms with Gasteiger partial charge < -0.3 is 9.73 Å². The molecule has 1 atom stereocenters. The highest BCUT2D eigenvalue weighted by molar-refractivity contribution is 7.92. The second-order valence-electron chi connectivity index (χ2n) is 8.07. The molecule has 5 rings (SSSR count). The number of benzene rings is 1. The van der Waals surface area contributed by atoms with Crippen molar-refractivity contribution in [2.45, 2.75) is 36.8 Å². The highest BCUT2D eigenvalue weighted by Gasteiger charge is 2.28. The maximum Gasteiger partial charge on any atom is 0.268 e.